The minimum Gasteiger partial charge on any atom is -0.481 e. The van der Waals surface area contributed by atoms with E-state index in [0.29, 0.717) is 30.0 Å². The standard InChI is InChI=1S/C16H23N3O4S/c20-13(5-3-1-2-4-6-14(21)22)17-16-19-18-15(24-16)11-9-10-7-8-12(11)23-10/h10-12H,1-9H2,(H,21,22)(H,17,19,20). The zero-order valence-electron chi connectivity index (χ0n) is 13.6. The summed E-state index contributed by atoms with van der Waals surface area (Å²) in [7, 11) is 0. The molecule has 0 saturated carbocycles. The lowest BCUT2D eigenvalue weighted by molar-refractivity contribution is -0.137. The van der Waals surface area contributed by atoms with Crippen LogP contribution in [0.2, 0.25) is 0 Å². The molecule has 3 unspecified atom stereocenters. The van der Waals surface area contributed by atoms with Gasteiger partial charge in [-0.25, -0.2) is 0 Å². The van der Waals surface area contributed by atoms with Crippen LogP contribution in [0.1, 0.15) is 68.7 Å². The zero-order valence-corrected chi connectivity index (χ0v) is 14.4. The van der Waals surface area contributed by atoms with Crippen LogP contribution in [0, 0.1) is 0 Å². The number of unbranched alkanes of at least 4 members (excludes halogenated alkanes) is 3. The summed E-state index contributed by atoms with van der Waals surface area (Å²) in [4.78, 5) is 22.3. The Balaban J connectivity index is 1.36. The molecule has 2 aliphatic heterocycles. The van der Waals surface area contributed by atoms with Crippen molar-refractivity contribution in [2.24, 2.45) is 0 Å². The maximum Gasteiger partial charge on any atom is 0.303 e. The summed E-state index contributed by atoms with van der Waals surface area (Å²) < 4.78 is 5.84. The number of amides is 1. The molecule has 3 rings (SSSR count). The molecule has 1 amide bonds. The van der Waals surface area contributed by atoms with Crippen LogP contribution >= 0.6 is 11.3 Å². The lowest BCUT2D eigenvalue weighted by Crippen LogP contribution is -2.13. The van der Waals surface area contributed by atoms with Crippen LogP contribution in [0.3, 0.4) is 0 Å². The smallest absolute Gasteiger partial charge is 0.303 e. The molecule has 2 N–H and O–H groups in total. The Morgan fingerprint density at radius 3 is 2.62 bits per heavy atom. The number of nitrogens with one attached hydrogen (secondary N) is 1. The maximum absolute atomic E-state index is 11.9. The van der Waals surface area contributed by atoms with Gasteiger partial charge in [-0.3, -0.25) is 9.59 Å². The number of hydrogen-bond acceptors (Lipinski definition) is 6. The fourth-order valence-electron chi connectivity index (χ4n) is 3.43. The number of rotatable bonds is 9. The first-order chi connectivity index (χ1) is 11.6. The van der Waals surface area contributed by atoms with E-state index in [0.717, 1.165) is 43.5 Å². The molecule has 3 heterocycles. The van der Waals surface area contributed by atoms with E-state index in [1.165, 1.54) is 11.3 Å². The SMILES string of the molecule is O=C(O)CCCCCCC(=O)Nc1nnc(C2CC3CCC2O3)s1. The van der Waals surface area contributed by atoms with Gasteiger partial charge >= 0.3 is 5.97 Å². The number of carbonyl (C=O) groups excluding carboxylic acids is 1. The van der Waals surface area contributed by atoms with Crippen LogP contribution in [0.15, 0.2) is 0 Å². The van der Waals surface area contributed by atoms with Gasteiger partial charge in [-0.1, -0.05) is 24.2 Å². The molecule has 8 heteroatoms. The Morgan fingerprint density at radius 1 is 1.17 bits per heavy atom. The minimum absolute atomic E-state index is 0.0554. The summed E-state index contributed by atoms with van der Waals surface area (Å²) in [5.41, 5.74) is 0. The van der Waals surface area contributed by atoms with Crippen molar-refractivity contribution in [1.82, 2.24) is 10.2 Å². The van der Waals surface area contributed by atoms with Crippen LogP contribution in [0.25, 0.3) is 0 Å². The molecule has 1 aromatic heterocycles. The highest BCUT2D eigenvalue weighted by molar-refractivity contribution is 7.15. The minimum atomic E-state index is -0.763. The van der Waals surface area contributed by atoms with Gasteiger partial charge in [0.05, 0.1) is 12.2 Å². The number of fused-ring (bicyclic) bond motifs is 2. The van der Waals surface area contributed by atoms with E-state index in [1.54, 1.807) is 0 Å². The lowest BCUT2D eigenvalue weighted by Gasteiger charge is -2.14. The first-order valence-electron chi connectivity index (χ1n) is 8.62. The number of aliphatic carboxylic acids is 1. The summed E-state index contributed by atoms with van der Waals surface area (Å²) in [5, 5.41) is 21.2. The number of ether oxygens (including phenoxy) is 1. The molecule has 132 valence electrons. The zero-order chi connectivity index (χ0) is 16.9. The predicted octanol–water partition coefficient (Wildman–Crippen LogP) is 2.94. The molecule has 24 heavy (non-hydrogen) atoms. The van der Waals surface area contributed by atoms with Gasteiger partial charge in [0.15, 0.2) is 0 Å². The number of hydrogen-bond donors (Lipinski definition) is 2. The normalized spacial score (nSPS) is 25.1. The van der Waals surface area contributed by atoms with E-state index in [-0.39, 0.29) is 18.4 Å². The molecule has 0 aromatic carbocycles. The number of anilines is 1. The van der Waals surface area contributed by atoms with Crippen molar-refractivity contribution < 1.29 is 19.4 Å². The summed E-state index contributed by atoms with van der Waals surface area (Å²) in [5.74, 6) is -0.484. The van der Waals surface area contributed by atoms with Gasteiger partial charge in [0, 0.05) is 18.8 Å². The second-order valence-corrected chi connectivity index (χ2v) is 7.53. The summed E-state index contributed by atoms with van der Waals surface area (Å²) in [6.07, 6.45) is 7.68. The van der Waals surface area contributed by atoms with Crippen LogP contribution < -0.4 is 5.32 Å². The lowest BCUT2D eigenvalue weighted by atomic mass is 9.90. The third-order valence-corrected chi connectivity index (χ3v) is 5.63. The Labute approximate surface area is 144 Å². The largest absolute Gasteiger partial charge is 0.481 e. The Morgan fingerprint density at radius 2 is 1.96 bits per heavy atom. The molecule has 2 aliphatic rings. The summed E-state index contributed by atoms with van der Waals surface area (Å²) in [6, 6.07) is 0. The van der Waals surface area contributed by atoms with Gasteiger partial charge in [0.1, 0.15) is 5.01 Å². The van der Waals surface area contributed by atoms with Crippen molar-refractivity contribution in [2.45, 2.75) is 75.9 Å². The molecule has 0 spiro atoms. The number of carboxylic acids is 1. The second kappa shape index (κ2) is 8.02. The highest BCUT2D eigenvalue weighted by Crippen LogP contribution is 2.45. The van der Waals surface area contributed by atoms with Crippen molar-refractivity contribution in [3.8, 4) is 0 Å². The number of aromatic nitrogens is 2. The molecule has 1 aromatic rings. The van der Waals surface area contributed by atoms with Crippen molar-refractivity contribution >= 4 is 28.3 Å². The highest BCUT2D eigenvalue weighted by Gasteiger charge is 2.43. The quantitative estimate of drug-likeness (QED) is 0.662. The fraction of sp³-hybridized carbons (Fsp3) is 0.750. The average Bonchev–Trinajstić information content (AvgIpc) is 3.26. The summed E-state index contributed by atoms with van der Waals surface area (Å²) >= 11 is 1.45. The summed E-state index contributed by atoms with van der Waals surface area (Å²) in [6.45, 7) is 0. The van der Waals surface area contributed by atoms with E-state index >= 15 is 0 Å². The van der Waals surface area contributed by atoms with Gasteiger partial charge < -0.3 is 15.2 Å². The Kier molecular flexibility index (Phi) is 5.78. The third kappa shape index (κ3) is 4.51. The van der Waals surface area contributed by atoms with Crippen LogP contribution in [-0.4, -0.2) is 39.4 Å². The van der Waals surface area contributed by atoms with Crippen molar-refractivity contribution in [3.05, 3.63) is 5.01 Å². The van der Waals surface area contributed by atoms with Crippen LogP contribution in [-0.2, 0) is 14.3 Å². The van der Waals surface area contributed by atoms with Crippen molar-refractivity contribution in [2.75, 3.05) is 5.32 Å². The van der Waals surface area contributed by atoms with Crippen molar-refractivity contribution in [1.29, 1.82) is 0 Å². The van der Waals surface area contributed by atoms with Gasteiger partial charge in [-0.05, 0) is 32.1 Å². The average molecular weight is 353 g/mol. The first-order valence-corrected chi connectivity index (χ1v) is 9.44. The maximum atomic E-state index is 11.9. The molecule has 3 atom stereocenters. The topological polar surface area (TPSA) is 101 Å². The fourth-order valence-corrected chi connectivity index (χ4v) is 4.36. The van der Waals surface area contributed by atoms with Gasteiger partial charge in [-0.2, -0.15) is 0 Å². The molecule has 2 fully saturated rings. The number of carboxylic acid groups (broad SMARTS) is 1. The van der Waals surface area contributed by atoms with Gasteiger partial charge in [0.25, 0.3) is 0 Å². The molecule has 0 radical (unpaired) electrons. The predicted molar refractivity (Wildman–Crippen MR) is 89.1 cm³/mol. The van der Waals surface area contributed by atoms with Crippen LogP contribution in [0.4, 0.5) is 5.13 Å². The Bertz CT molecular complexity index is 592. The molecule has 2 bridgehead atoms. The highest BCUT2D eigenvalue weighted by atomic mass is 32.1. The second-order valence-electron chi connectivity index (χ2n) is 6.52. The van der Waals surface area contributed by atoms with Gasteiger partial charge in [0.2, 0.25) is 11.0 Å². The van der Waals surface area contributed by atoms with E-state index in [1.807, 2.05) is 0 Å². The number of nitrogens with zero attached hydrogens (tertiary/aromatic N) is 2. The van der Waals surface area contributed by atoms with E-state index < -0.39 is 5.97 Å². The van der Waals surface area contributed by atoms with E-state index in [2.05, 4.69) is 15.5 Å². The molecular formula is C16H23N3O4S. The van der Waals surface area contributed by atoms with Crippen molar-refractivity contribution in [3.63, 3.8) is 0 Å². The number of carbonyl (C=O) groups is 2. The van der Waals surface area contributed by atoms with Gasteiger partial charge in [-0.15, -0.1) is 10.2 Å². The third-order valence-electron chi connectivity index (χ3n) is 4.65. The monoisotopic (exact) mass is 353 g/mol. The van der Waals surface area contributed by atoms with E-state index in [9.17, 15) is 9.59 Å². The Hall–Kier alpha value is -1.54. The molecule has 2 saturated heterocycles. The molecular weight excluding hydrogens is 330 g/mol. The van der Waals surface area contributed by atoms with Crippen LogP contribution in [0.5, 0.6) is 0 Å². The first kappa shape index (κ1) is 17.3. The molecule has 0 aliphatic carbocycles. The van der Waals surface area contributed by atoms with E-state index in [4.69, 9.17) is 9.84 Å². The molecule has 7 nitrogen and oxygen atoms in total.